The van der Waals surface area contributed by atoms with Crippen LogP contribution in [0.5, 0.6) is 0 Å². The van der Waals surface area contributed by atoms with Gasteiger partial charge in [0, 0.05) is 30.3 Å². The Labute approximate surface area is 129 Å². The van der Waals surface area contributed by atoms with Gasteiger partial charge in [-0.3, -0.25) is 4.79 Å². The van der Waals surface area contributed by atoms with Gasteiger partial charge in [-0.1, -0.05) is 17.7 Å². The summed E-state index contributed by atoms with van der Waals surface area (Å²) in [6, 6.07) is 8.02. The van der Waals surface area contributed by atoms with Gasteiger partial charge in [0.05, 0.1) is 6.42 Å². The second-order valence-corrected chi connectivity index (χ2v) is 6.13. The normalized spacial score (nSPS) is 11.8. The maximum Gasteiger partial charge on any atom is 0.317 e. The molecule has 0 fully saturated rings. The monoisotopic (exact) mass is 310 g/mol. The zero-order chi connectivity index (χ0) is 15.8. The second kappa shape index (κ2) is 8.56. The lowest BCUT2D eigenvalue weighted by atomic mass is 10.2. The molecule has 0 spiro atoms. The van der Waals surface area contributed by atoms with Crippen molar-refractivity contribution in [3.63, 3.8) is 0 Å². The molecule has 0 heterocycles. The van der Waals surface area contributed by atoms with Gasteiger partial charge < -0.3 is 15.3 Å². The molecule has 116 valence electrons. The first-order valence-corrected chi connectivity index (χ1v) is 7.80. The van der Waals surface area contributed by atoms with Crippen molar-refractivity contribution in [2.45, 2.75) is 31.2 Å². The van der Waals surface area contributed by atoms with Crippen molar-refractivity contribution in [1.29, 1.82) is 0 Å². The van der Waals surface area contributed by atoms with Crippen molar-refractivity contribution in [1.82, 2.24) is 10.2 Å². The van der Waals surface area contributed by atoms with Crippen molar-refractivity contribution < 1.29 is 14.7 Å². The molecule has 0 aliphatic rings. The average Bonchev–Trinajstić information content (AvgIpc) is 2.44. The molecule has 2 N–H and O–H groups in total. The molecular weight excluding hydrogens is 288 g/mol. The van der Waals surface area contributed by atoms with Gasteiger partial charge in [-0.25, -0.2) is 4.79 Å². The molecule has 0 aromatic heterocycles. The smallest absolute Gasteiger partial charge is 0.317 e. The molecule has 2 amide bonds. The highest BCUT2D eigenvalue weighted by Gasteiger charge is 2.13. The number of carbonyl (C=O) groups is 2. The van der Waals surface area contributed by atoms with E-state index in [0.29, 0.717) is 0 Å². The van der Waals surface area contributed by atoms with Crippen molar-refractivity contribution >= 4 is 23.8 Å². The number of rotatable bonds is 7. The first kappa shape index (κ1) is 17.4. The maximum atomic E-state index is 11.8. The molecule has 0 radical (unpaired) electrons. The fourth-order valence-corrected chi connectivity index (χ4v) is 2.44. The van der Waals surface area contributed by atoms with E-state index in [-0.39, 0.29) is 25.0 Å². The molecule has 1 atom stereocenters. The fraction of sp³-hybridized carbons (Fsp3) is 0.467. The van der Waals surface area contributed by atoms with E-state index in [1.165, 1.54) is 15.4 Å². The van der Waals surface area contributed by atoms with E-state index in [9.17, 15) is 9.59 Å². The van der Waals surface area contributed by atoms with Gasteiger partial charge in [0.25, 0.3) is 0 Å². The first-order valence-electron chi connectivity index (χ1n) is 6.81. The largest absolute Gasteiger partial charge is 0.481 e. The minimum absolute atomic E-state index is 0.0103. The number of thioether (sulfide) groups is 1. The van der Waals surface area contributed by atoms with E-state index < -0.39 is 5.97 Å². The summed E-state index contributed by atoms with van der Waals surface area (Å²) in [5.41, 5.74) is 1.22. The number of aliphatic carboxylic acids is 1. The van der Waals surface area contributed by atoms with Crippen LogP contribution in [0.2, 0.25) is 0 Å². The van der Waals surface area contributed by atoms with Crippen molar-refractivity contribution in [2.75, 3.05) is 19.3 Å². The molecule has 0 aliphatic heterocycles. The van der Waals surface area contributed by atoms with Gasteiger partial charge in [0.15, 0.2) is 0 Å². The first-order chi connectivity index (χ1) is 9.88. The summed E-state index contributed by atoms with van der Waals surface area (Å²) in [6.07, 6.45) is -0.0452. The SMILES string of the molecule is Cc1ccc(SCC(C)NC(=O)N(C)CCC(=O)O)cc1. The second-order valence-electron chi connectivity index (χ2n) is 5.04. The van der Waals surface area contributed by atoms with Crippen LogP contribution in [0.25, 0.3) is 0 Å². The summed E-state index contributed by atoms with van der Waals surface area (Å²) < 4.78 is 0. The minimum atomic E-state index is -0.905. The Morgan fingerprint density at radius 3 is 2.52 bits per heavy atom. The zero-order valence-corrected chi connectivity index (χ0v) is 13.4. The number of urea groups is 1. The molecule has 1 unspecified atom stereocenters. The van der Waals surface area contributed by atoms with Gasteiger partial charge in [-0.2, -0.15) is 0 Å². The van der Waals surface area contributed by atoms with E-state index in [1.54, 1.807) is 18.8 Å². The Bertz CT molecular complexity index is 476. The third-order valence-corrected chi connectivity index (χ3v) is 4.17. The van der Waals surface area contributed by atoms with Crippen LogP contribution in [0.4, 0.5) is 4.79 Å². The van der Waals surface area contributed by atoms with Crippen LogP contribution in [-0.4, -0.2) is 47.4 Å². The number of benzene rings is 1. The number of hydrogen-bond donors (Lipinski definition) is 2. The molecule has 6 heteroatoms. The summed E-state index contributed by atoms with van der Waals surface area (Å²) in [5, 5.41) is 11.5. The third kappa shape index (κ3) is 7.04. The number of carboxylic acid groups (broad SMARTS) is 1. The highest BCUT2D eigenvalue weighted by atomic mass is 32.2. The summed E-state index contributed by atoms with van der Waals surface area (Å²) >= 11 is 1.68. The number of carbonyl (C=O) groups excluding carboxylic acids is 1. The predicted octanol–water partition coefficient (Wildman–Crippen LogP) is 2.59. The lowest BCUT2D eigenvalue weighted by Gasteiger charge is -2.20. The number of aryl methyl sites for hydroxylation is 1. The molecule has 0 bridgehead atoms. The summed E-state index contributed by atoms with van der Waals surface area (Å²) in [5.74, 6) is -0.140. The third-order valence-electron chi connectivity index (χ3n) is 2.90. The van der Waals surface area contributed by atoms with Gasteiger partial charge in [-0.05, 0) is 26.0 Å². The van der Waals surface area contributed by atoms with Crippen LogP contribution in [0.3, 0.4) is 0 Å². The Morgan fingerprint density at radius 1 is 1.33 bits per heavy atom. The Balaban J connectivity index is 2.32. The fourth-order valence-electron chi connectivity index (χ4n) is 1.58. The predicted molar refractivity (Wildman–Crippen MR) is 84.8 cm³/mol. The molecular formula is C15H22N2O3S. The number of amides is 2. The Kier molecular flexibility index (Phi) is 7.08. The van der Waals surface area contributed by atoms with Gasteiger partial charge in [0.1, 0.15) is 0 Å². The lowest BCUT2D eigenvalue weighted by Crippen LogP contribution is -2.43. The number of nitrogens with one attached hydrogen (secondary N) is 1. The zero-order valence-electron chi connectivity index (χ0n) is 12.6. The lowest BCUT2D eigenvalue weighted by molar-refractivity contribution is -0.137. The molecule has 0 aliphatic carbocycles. The summed E-state index contributed by atoms with van der Waals surface area (Å²) in [7, 11) is 1.60. The van der Waals surface area contributed by atoms with Gasteiger partial charge >= 0.3 is 12.0 Å². The molecule has 1 rings (SSSR count). The maximum absolute atomic E-state index is 11.8. The van der Waals surface area contributed by atoms with E-state index in [4.69, 9.17) is 5.11 Å². The van der Waals surface area contributed by atoms with Crippen LogP contribution < -0.4 is 5.32 Å². The minimum Gasteiger partial charge on any atom is -0.481 e. The van der Waals surface area contributed by atoms with E-state index in [2.05, 4.69) is 29.6 Å². The van der Waals surface area contributed by atoms with E-state index in [0.717, 1.165) is 5.75 Å². The van der Waals surface area contributed by atoms with Crippen molar-refractivity contribution in [2.24, 2.45) is 0 Å². The number of nitrogens with zero attached hydrogens (tertiary/aromatic N) is 1. The number of hydrogen-bond acceptors (Lipinski definition) is 3. The molecule has 0 saturated heterocycles. The molecule has 0 saturated carbocycles. The molecule has 5 nitrogen and oxygen atoms in total. The van der Waals surface area contributed by atoms with E-state index >= 15 is 0 Å². The topological polar surface area (TPSA) is 69.6 Å². The van der Waals surface area contributed by atoms with Crippen LogP contribution in [0.15, 0.2) is 29.2 Å². The summed E-state index contributed by atoms with van der Waals surface area (Å²) in [6.45, 7) is 4.19. The Morgan fingerprint density at radius 2 is 1.95 bits per heavy atom. The molecule has 1 aromatic carbocycles. The average molecular weight is 310 g/mol. The Hall–Kier alpha value is -1.69. The number of carboxylic acids is 1. The van der Waals surface area contributed by atoms with Crippen LogP contribution in [0, 0.1) is 6.92 Å². The van der Waals surface area contributed by atoms with Crippen molar-refractivity contribution in [3.8, 4) is 0 Å². The highest BCUT2D eigenvalue weighted by Crippen LogP contribution is 2.19. The standard InChI is InChI=1S/C15H22N2O3S/c1-11-4-6-13(7-5-11)21-10-12(2)16-15(20)17(3)9-8-14(18)19/h4-7,12H,8-10H2,1-3H3,(H,16,20)(H,18,19). The van der Waals surface area contributed by atoms with Gasteiger partial charge in [0.2, 0.25) is 0 Å². The van der Waals surface area contributed by atoms with Crippen molar-refractivity contribution in [3.05, 3.63) is 29.8 Å². The molecule has 1 aromatic rings. The van der Waals surface area contributed by atoms with Crippen LogP contribution >= 0.6 is 11.8 Å². The molecule has 21 heavy (non-hydrogen) atoms. The van der Waals surface area contributed by atoms with Gasteiger partial charge in [-0.15, -0.1) is 11.8 Å². The quantitative estimate of drug-likeness (QED) is 0.760. The van der Waals surface area contributed by atoms with Crippen LogP contribution in [0.1, 0.15) is 18.9 Å². The summed E-state index contributed by atoms with van der Waals surface area (Å²) in [4.78, 5) is 24.9. The van der Waals surface area contributed by atoms with Crippen LogP contribution in [-0.2, 0) is 4.79 Å². The highest BCUT2D eigenvalue weighted by molar-refractivity contribution is 7.99. The van der Waals surface area contributed by atoms with E-state index in [1.807, 2.05) is 13.8 Å².